The molecule has 0 radical (unpaired) electrons. The van der Waals surface area contributed by atoms with Crippen LogP contribution in [0.15, 0.2) is 4.99 Å². The van der Waals surface area contributed by atoms with Crippen molar-refractivity contribution in [1.29, 1.82) is 0 Å². The van der Waals surface area contributed by atoms with Gasteiger partial charge in [-0.05, 0) is 0 Å². The fourth-order valence-corrected chi connectivity index (χ4v) is 0.907. The number of hydrogen-bond acceptors (Lipinski definition) is 5. The van der Waals surface area contributed by atoms with E-state index in [2.05, 4.69) is 15.5 Å². The van der Waals surface area contributed by atoms with Gasteiger partial charge in [0.15, 0.2) is 0 Å². The predicted molar refractivity (Wildman–Crippen MR) is 59.1 cm³/mol. The second-order valence-electron chi connectivity index (χ2n) is 2.92. The first kappa shape index (κ1) is 13.5. The van der Waals surface area contributed by atoms with Crippen molar-refractivity contribution in [2.24, 2.45) is 4.99 Å². The summed E-state index contributed by atoms with van der Waals surface area (Å²) in [7, 11) is 0.231. The van der Waals surface area contributed by atoms with Crippen LogP contribution >= 0.6 is 0 Å². The van der Waals surface area contributed by atoms with Crippen molar-refractivity contribution in [3.8, 4) is 0 Å². The summed E-state index contributed by atoms with van der Waals surface area (Å²) in [5, 5.41) is 14.9. The van der Waals surface area contributed by atoms with Crippen molar-refractivity contribution in [2.75, 3.05) is 26.2 Å². The van der Waals surface area contributed by atoms with Gasteiger partial charge in [-0.3, -0.25) is 0 Å². The van der Waals surface area contributed by atoms with E-state index < -0.39 is 7.05 Å². The zero-order valence-electron chi connectivity index (χ0n) is 8.57. The van der Waals surface area contributed by atoms with Crippen molar-refractivity contribution in [3.63, 3.8) is 0 Å². The SMILES string of the molecule is CB(O)NCCNCCCN=CB=O. The molecule has 78 valence electrons. The molecule has 0 saturated carbocycles. The van der Waals surface area contributed by atoms with E-state index in [-0.39, 0.29) is 0 Å². The molecule has 3 N–H and O–H groups in total. The molecular weight excluding hydrogens is 180 g/mol. The van der Waals surface area contributed by atoms with Crippen LogP contribution < -0.4 is 10.5 Å². The third-order valence-electron chi connectivity index (χ3n) is 1.55. The number of rotatable bonds is 9. The van der Waals surface area contributed by atoms with E-state index in [0.29, 0.717) is 13.7 Å². The molecule has 5 nitrogen and oxygen atoms in total. The molecule has 0 aliphatic rings. The first-order chi connectivity index (χ1) is 6.77. The summed E-state index contributed by atoms with van der Waals surface area (Å²) in [4.78, 5) is 3.85. The van der Waals surface area contributed by atoms with Crippen LogP contribution in [0.1, 0.15) is 6.42 Å². The van der Waals surface area contributed by atoms with E-state index in [4.69, 9.17) is 5.02 Å². The second kappa shape index (κ2) is 10.6. The van der Waals surface area contributed by atoms with Gasteiger partial charge in [0.2, 0.25) is 0 Å². The Bertz CT molecular complexity index is 167. The molecule has 0 saturated heterocycles. The van der Waals surface area contributed by atoms with Gasteiger partial charge in [-0.2, -0.15) is 0 Å². The topological polar surface area (TPSA) is 73.7 Å². The summed E-state index contributed by atoms with van der Waals surface area (Å²) in [5.41, 5.74) is 0. The molecule has 14 heavy (non-hydrogen) atoms. The van der Waals surface area contributed by atoms with E-state index in [1.165, 1.54) is 6.11 Å². The van der Waals surface area contributed by atoms with Gasteiger partial charge in [0.25, 0.3) is 0 Å². The number of nitrogens with one attached hydrogen (secondary N) is 2. The minimum atomic E-state index is -0.450. The summed E-state index contributed by atoms with van der Waals surface area (Å²) in [5.74, 6) is 0. The molecule has 0 rings (SSSR count). The standard InChI is InChI=1S/C7H17B2N3O2/c1-9(14)12-6-5-10-3-2-4-11-7-8-13/h7,10,12,14H,2-6H2,1H3. The van der Waals surface area contributed by atoms with Gasteiger partial charge < -0.3 is 0 Å². The fraction of sp³-hybridized carbons (Fsp3) is 0.857. The van der Waals surface area contributed by atoms with E-state index >= 15 is 0 Å². The van der Waals surface area contributed by atoms with Crippen LogP contribution in [0.3, 0.4) is 0 Å². The summed E-state index contributed by atoms with van der Waals surface area (Å²) in [6, 6.07) is 0. The van der Waals surface area contributed by atoms with Gasteiger partial charge in [-0.15, -0.1) is 0 Å². The van der Waals surface area contributed by atoms with Crippen LogP contribution in [-0.2, 0) is 4.70 Å². The Kier molecular flexibility index (Phi) is 10.2. The van der Waals surface area contributed by atoms with E-state index in [9.17, 15) is 4.70 Å². The zero-order chi connectivity index (χ0) is 10.6. The summed E-state index contributed by atoms with van der Waals surface area (Å²) >= 11 is 0. The molecule has 7 heteroatoms. The predicted octanol–water partition coefficient (Wildman–Crippen LogP) is -1.26. The first-order valence-electron chi connectivity index (χ1n) is 4.83. The molecule has 0 heterocycles. The molecule has 0 aromatic carbocycles. The molecule has 0 aromatic rings. The Morgan fingerprint density at radius 1 is 1.50 bits per heavy atom. The molecule has 0 spiro atoms. The van der Waals surface area contributed by atoms with Crippen molar-refractivity contribution in [2.45, 2.75) is 13.2 Å². The van der Waals surface area contributed by atoms with E-state index in [1.807, 2.05) is 0 Å². The Morgan fingerprint density at radius 2 is 2.29 bits per heavy atom. The molecule has 0 amide bonds. The quantitative estimate of drug-likeness (QED) is 0.245. The van der Waals surface area contributed by atoms with Gasteiger partial charge in [0.05, 0.1) is 0 Å². The van der Waals surface area contributed by atoms with E-state index in [0.717, 1.165) is 26.1 Å². The maximum atomic E-state index is 9.85. The van der Waals surface area contributed by atoms with Gasteiger partial charge in [-0.1, -0.05) is 0 Å². The van der Waals surface area contributed by atoms with Crippen molar-refractivity contribution >= 4 is 20.3 Å². The Hall–Kier alpha value is -0.520. The van der Waals surface area contributed by atoms with Crippen LogP contribution in [-0.4, -0.2) is 51.5 Å². The monoisotopic (exact) mass is 197 g/mol. The van der Waals surface area contributed by atoms with Crippen molar-refractivity contribution in [3.05, 3.63) is 0 Å². The van der Waals surface area contributed by atoms with Gasteiger partial charge in [-0.25, -0.2) is 0 Å². The van der Waals surface area contributed by atoms with Crippen molar-refractivity contribution < 1.29 is 9.73 Å². The minimum absolute atomic E-state index is 0.450. The zero-order valence-corrected chi connectivity index (χ0v) is 8.57. The molecule has 0 aliphatic carbocycles. The molecule has 0 aromatic heterocycles. The Balaban J connectivity index is 2.99. The fourth-order valence-electron chi connectivity index (χ4n) is 0.907. The van der Waals surface area contributed by atoms with Crippen LogP contribution in [0.4, 0.5) is 0 Å². The number of hydrogen-bond donors (Lipinski definition) is 3. The first-order valence-corrected chi connectivity index (χ1v) is 4.83. The normalized spacial score (nSPS) is 10.4. The third kappa shape index (κ3) is 11.5. The van der Waals surface area contributed by atoms with Crippen LogP contribution in [0.25, 0.3) is 0 Å². The molecule has 0 bridgehead atoms. The van der Waals surface area contributed by atoms with Gasteiger partial charge >= 0.3 is 85.0 Å². The average molecular weight is 197 g/mol. The molecule has 0 fully saturated rings. The summed E-state index contributed by atoms with van der Waals surface area (Å²) in [6.45, 7) is 4.80. The Labute approximate surface area is 85.8 Å². The molecule has 0 aliphatic heterocycles. The number of nitrogens with zero attached hydrogens (tertiary/aromatic N) is 1. The van der Waals surface area contributed by atoms with Crippen LogP contribution in [0, 0.1) is 0 Å². The second-order valence-corrected chi connectivity index (χ2v) is 2.92. The number of aliphatic imine (C=N–C) groups is 1. The third-order valence-corrected chi connectivity index (χ3v) is 1.55. The van der Waals surface area contributed by atoms with Gasteiger partial charge in [0, 0.05) is 0 Å². The van der Waals surface area contributed by atoms with Gasteiger partial charge in [0.1, 0.15) is 0 Å². The molecule has 0 unspecified atom stereocenters. The van der Waals surface area contributed by atoms with E-state index in [1.54, 1.807) is 6.82 Å². The summed E-state index contributed by atoms with van der Waals surface area (Å²) < 4.78 is 9.85. The van der Waals surface area contributed by atoms with Crippen molar-refractivity contribution in [1.82, 2.24) is 10.5 Å². The Morgan fingerprint density at radius 3 is 2.93 bits per heavy atom. The summed E-state index contributed by atoms with van der Waals surface area (Å²) in [6.07, 6.45) is 2.19. The molecule has 0 atom stereocenters. The van der Waals surface area contributed by atoms with Crippen LogP contribution in [0.5, 0.6) is 0 Å². The molecular formula is C7H17B2N3O2. The van der Waals surface area contributed by atoms with Crippen LogP contribution in [0.2, 0.25) is 6.82 Å². The average Bonchev–Trinajstić information content (AvgIpc) is 2.15. The maximum absolute atomic E-state index is 9.85.